The first-order valence-corrected chi connectivity index (χ1v) is 9.00. The van der Waals surface area contributed by atoms with Crippen LogP contribution in [0, 0.1) is 5.92 Å². The van der Waals surface area contributed by atoms with Crippen LogP contribution < -0.4 is 5.32 Å². The number of carbonyl (C=O) groups is 2. The van der Waals surface area contributed by atoms with Crippen LogP contribution in [-0.2, 0) is 4.79 Å². The molecule has 4 rings (SSSR count). The van der Waals surface area contributed by atoms with Gasteiger partial charge in [0.15, 0.2) is 0 Å². The standard InChI is InChI=1S/C18H24N4O2/c23-16-10-13(12-22(16)14-5-6-14)11-20-17-15(4-3-7-19-17)18(24)21-8-1-2-9-21/h3-4,7,13-14H,1-2,5-6,8-12H2,(H,19,20)/t13-/m0/s1. The second-order valence-corrected chi connectivity index (χ2v) is 7.13. The van der Waals surface area contributed by atoms with Gasteiger partial charge < -0.3 is 15.1 Å². The maximum absolute atomic E-state index is 12.6. The molecule has 0 spiro atoms. The van der Waals surface area contributed by atoms with Crippen molar-refractivity contribution in [3.05, 3.63) is 23.9 Å². The van der Waals surface area contributed by atoms with Crippen molar-refractivity contribution in [2.24, 2.45) is 5.92 Å². The summed E-state index contributed by atoms with van der Waals surface area (Å²) in [5.74, 6) is 1.28. The number of anilines is 1. The maximum atomic E-state index is 12.6. The second-order valence-electron chi connectivity index (χ2n) is 7.13. The average Bonchev–Trinajstić information content (AvgIpc) is 3.15. The number of aromatic nitrogens is 1. The molecule has 0 radical (unpaired) electrons. The number of nitrogens with zero attached hydrogens (tertiary/aromatic N) is 3. The summed E-state index contributed by atoms with van der Waals surface area (Å²) in [6.45, 7) is 3.19. The summed E-state index contributed by atoms with van der Waals surface area (Å²) in [4.78, 5) is 33.0. The molecular formula is C18H24N4O2. The Balaban J connectivity index is 1.39. The third-order valence-electron chi connectivity index (χ3n) is 5.22. The molecule has 1 aromatic heterocycles. The van der Waals surface area contributed by atoms with Gasteiger partial charge >= 0.3 is 0 Å². The summed E-state index contributed by atoms with van der Waals surface area (Å²) in [6.07, 6.45) is 6.78. The molecule has 0 aromatic carbocycles. The van der Waals surface area contributed by atoms with Crippen LogP contribution in [-0.4, -0.2) is 58.8 Å². The molecule has 24 heavy (non-hydrogen) atoms. The Morgan fingerprint density at radius 2 is 2.08 bits per heavy atom. The molecule has 3 fully saturated rings. The van der Waals surface area contributed by atoms with E-state index in [1.165, 1.54) is 0 Å². The number of amides is 2. The highest BCUT2D eigenvalue weighted by atomic mass is 16.2. The topological polar surface area (TPSA) is 65.5 Å². The van der Waals surface area contributed by atoms with Crippen LogP contribution in [0.25, 0.3) is 0 Å². The quantitative estimate of drug-likeness (QED) is 0.894. The Morgan fingerprint density at radius 3 is 2.83 bits per heavy atom. The second kappa shape index (κ2) is 6.42. The lowest BCUT2D eigenvalue weighted by molar-refractivity contribution is -0.128. The zero-order valence-corrected chi connectivity index (χ0v) is 13.9. The maximum Gasteiger partial charge on any atom is 0.257 e. The summed E-state index contributed by atoms with van der Waals surface area (Å²) in [6, 6.07) is 4.14. The van der Waals surface area contributed by atoms with Gasteiger partial charge in [-0.2, -0.15) is 0 Å². The minimum Gasteiger partial charge on any atom is -0.369 e. The van der Waals surface area contributed by atoms with Crippen molar-refractivity contribution in [1.82, 2.24) is 14.8 Å². The van der Waals surface area contributed by atoms with Gasteiger partial charge in [-0.05, 0) is 37.8 Å². The highest BCUT2D eigenvalue weighted by molar-refractivity contribution is 5.98. The van der Waals surface area contributed by atoms with Gasteiger partial charge in [0.1, 0.15) is 5.82 Å². The molecule has 1 atom stereocenters. The highest BCUT2D eigenvalue weighted by Crippen LogP contribution is 2.32. The predicted molar refractivity (Wildman–Crippen MR) is 90.7 cm³/mol. The fraction of sp³-hybridized carbons (Fsp3) is 0.611. The first-order chi connectivity index (χ1) is 11.7. The number of pyridine rings is 1. The van der Waals surface area contributed by atoms with Gasteiger partial charge in [0.05, 0.1) is 5.56 Å². The number of hydrogen-bond donors (Lipinski definition) is 1. The Morgan fingerprint density at radius 1 is 1.29 bits per heavy atom. The average molecular weight is 328 g/mol. The molecule has 1 N–H and O–H groups in total. The molecule has 1 aliphatic carbocycles. The van der Waals surface area contributed by atoms with E-state index in [0.29, 0.717) is 36.3 Å². The number of hydrogen-bond acceptors (Lipinski definition) is 4. The molecule has 0 unspecified atom stereocenters. The zero-order valence-electron chi connectivity index (χ0n) is 13.9. The summed E-state index contributed by atoms with van der Waals surface area (Å²) < 4.78 is 0. The molecule has 128 valence electrons. The van der Waals surface area contributed by atoms with E-state index in [0.717, 1.165) is 45.3 Å². The minimum absolute atomic E-state index is 0.0604. The minimum atomic E-state index is 0.0604. The number of nitrogens with one attached hydrogen (secondary N) is 1. The molecule has 1 aromatic rings. The van der Waals surface area contributed by atoms with Crippen molar-refractivity contribution in [2.45, 2.75) is 38.1 Å². The normalized spacial score (nSPS) is 23.8. The molecule has 6 heteroatoms. The SMILES string of the molecule is O=C(c1cccnc1NC[C@@H]1CC(=O)N(C2CC2)C1)N1CCCC1. The van der Waals surface area contributed by atoms with Crippen molar-refractivity contribution in [3.8, 4) is 0 Å². The van der Waals surface area contributed by atoms with Crippen LogP contribution in [0.4, 0.5) is 5.82 Å². The molecular weight excluding hydrogens is 304 g/mol. The lowest BCUT2D eigenvalue weighted by Crippen LogP contribution is -2.29. The van der Waals surface area contributed by atoms with Crippen molar-refractivity contribution in [3.63, 3.8) is 0 Å². The van der Waals surface area contributed by atoms with Crippen molar-refractivity contribution < 1.29 is 9.59 Å². The largest absolute Gasteiger partial charge is 0.369 e. The van der Waals surface area contributed by atoms with E-state index in [-0.39, 0.29) is 11.8 Å². The van der Waals surface area contributed by atoms with Gasteiger partial charge in [-0.15, -0.1) is 0 Å². The van der Waals surface area contributed by atoms with E-state index < -0.39 is 0 Å². The van der Waals surface area contributed by atoms with Gasteiger partial charge in [-0.25, -0.2) is 4.98 Å². The van der Waals surface area contributed by atoms with E-state index in [2.05, 4.69) is 10.3 Å². The van der Waals surface area contributed by atoms with Crippen LogP contribution in [0.3, 0.4) is 0 Å². The van der Waals surface area contributed by atoms with Gasteiger partial charge in [0.2, 0.25) is 5.91 Å². The molecule has 3 heterocycles. The Hall–Kier alpha value is -2.11. The van der Waals surface area contributed by atoms with Crippen molar-refractivity contribution in [2.75, 3.05) is 31.5 Å². The van der Waals surface area contributed by atoms with E-state index in [1.807, 2.05) is 21.9 Å². The molecule has 2 saturated heterocycles. The van der Waals surface area contributed by atoms with Crippen LogP contribution in [0.1, 0.15) is 42.5 Å². The lowest BCUT2D eigenvalue weighted by atomic mass is 10.1. The summed E-state index contributed by atoms with van der Waals surface area (Å²) in [7, 11) is 0. The van der Waals surface area contributed by atoms with Crippen LogP contribution >= 0.6 is 0 Å². The Bertz CT molecular complexity index is 638. The van der Waals surface area contributed by atoms with Crippen LogP contribution in [0.2, 0.25) is 0 Å². The fourth-order valence-corrected chi connectivity index (χ4v) is 3.73. The third kappa shape index (κ3) is 3.09. The first kappa shape index (κ1) is 15.4. The smallest absolute Gasteiger partial charge is 0.257 e. The van der Waals surface area contributed by atoms with Crippen molar-refractivity contribution in [1.29, 1.82) is 0 Å². The summed E-state index contributed by atoms with van der Waals surface area (Å²) in [5, 5.41) is 3.32. The van der Waals surface area contributed by atoms with Crippen molar-refractivity contribution >= 4 is 17.6 Å². The number of rotatable bonds is 5. The zero-order chi connectivity index (χ0) is 16.5. The van der Waals surface area contributed by atoms with Crippen LogP contribution in [0.15, 0.2) is 18.3 Å². The molecule has 2 aliphatic heterocycles. The molecule has 1 saturated carbocycles. The monoisotopic (exact) mass is 328 g/mol. The first-order valence-electron chi connectivity index (χ1n) is 9.00. The number of carbonyl (C=O) groups excluding carboxylic acids is 2. The summed E-state index contributed by atoms with van der Waals surface area (Å²) in [5.41, 5.74) is 0.641. The predicted octanol–water partition coefficient (Wildman–Crippen LogP) is 1.74. The van der Waals surface area contributed by atoms with Gasteiger partial charge in [-0.1, -0.05) is 0 Å². The number of likely N-dealkylation sites (tertiary alicyclic amines) is 2. The third-order valence-corrected chi connectivity index (χ3v) is 5.22. The van der Waals surface area contributed by atoms with Gasteiger partial charge in [-0.3, -0.25) is 9.59 Å². The molecule has 3 aliphatic rings. The van der Waals surface area contributed by atoms with E-state index in [1.54, 1.807) is 6.20 Å². The Labute approximate surface area is 142 Å². The van der Waals surface area contributed by atoms with Gasteiger partial charge in [0.25, 0.3) is 5.91 Å². The van der Waals surface area contributed by atoms with E-state index >= 15 is 0 Å². The summed E-state index contributed by atoms with van der Waals surface area (Å²) >= 11 is 0. The molecule has 2 amide bonds. The Kier molecular flexibility index (Phi) is 4.12. The fourth-order valence-electron chi connectivity index (χ4n) is 3.73. The highest BCUT2D eigenvalue weighted by Gasteiger charge is 2.39. The van der Waals surface area contributed by atoms with Gasteiger partial charge in [0, 0.05) is 50.8 Å². The van der Waals surface area contributed by atoms with E-state index in [4.69, 9.17) is 0 Å². The lowest BCUT2D eigenvalue weighted by Gasteiger charge is -2.19. The molecule has 0 bridgehead atoms. The molecule has 6 nitrogen and oxygen atoms in total. The van der Waals surface area contributed by atoms with E-state index in [9.17, 15) is 9.59 Å². The van der Waals surface area contributed by atoms with Crippen LogP contribution in [0.5, 0.6) is 0 Å².